The lowest BCUT2D eigenvalue weighted by Crippen LogP contribution is -2.18. The fourth-order valence-corrected chi connectivity index (χ4v) is 3.56. The molecule has 0 amide bonds. The third kappa shape index (κ3) is 2.13. The summed E-state index contributed by atoms with van der Waals surface area (Å²) in [5.74, 6) is 2.80. The van der Waals surface area contributed by atoms with Gasteiger partial charge in [0.2, 0.25) is 0 Å². The minimum Gasteiger partial charge on any atom is -0.316 e. The largest absolute Gasteiger partial charge is 0.316 e. The van der Waals surface area contributed by atoms with Gasteiger partial charge in [-0.15, -0.1) is 0 Å². The smallest absolute Gasteiger partial charge is 0.00117 e. The lowest BCUT2D eigenvalue weighted by Gasteiger charge is -2.13. The lowest BCUT2D eigenvalue weighted by molar-refractivity contribution is 0.565. The van der Waals surface area contributed by atoms with E-state index in [4.69, 9.17) is 0 Å². The van der Waals surface area contributed by atoms with Crippen molar-refractivity contribution in [3.05, 3.63) is 35.4 Å². The predicted octanol–water partition coefficient (Wildman–Crippen LogP) is 3.35. The average molecular weight is 229 g/mol. The van der Waals surface area contributed by atoms with Gasteiger partial charge >= 0.3 is 0 Å². The fourth-order valence-electron chi connectivity index (χ4n) is 3.56. The molecular weight excluding hydrogens is 206 g/mol. The second kappa shape index (κ2) is 4.81. The minimum absolute atomic E-state index is 0.883. The van der Waals surface area contributed by atoms with Crippen molar-refractivity contribution in [2.24, 2.45) is 11.8 Å². The minimum atomic E-state index is 0.883. The van der Waals surface area contributed by atoms with Crippen LogP contribution in [0.3, 0.4) is 0 Å². The molecule has 2 aliphatic rings. The summed E-state index contributed by atoms with van der Waals surface area (Å²) in [6.07, 6.45) is 5.34. The van der Waals surface area contributed by atoms with Crippen molar-refractivity contribution in [1.29, 1.82) is 0 Å². The van der Waals surface area contributed by atoms with Gasteiger partial charge < -0.3 is 5.32 Å². The fraction of sp³-hybridized carbons (Fsp3) is 0.625. The quantitative estimate of drug-likeness (QED) is 0.763. The van der Waals surface area contributed by atoms with E-state index in [0.29, 0.717) is 0 Å². The number of rotatable bonds is 5. The number of unbranched alkanes of at least 4 members (excludes halogenated alkanes) is 1. The van der Waals surface area contributed by atoms with E-state index in [1.165, 1.54) is 38.8 Å². The molecule has 3 rings (SSSR count). The maximum Gasteiger partial charge on any atom is -0.00117 e. The van der Waals surface area contributed by atoms with Crippen LogP contribution in [0.2, 0.25) is 0 Å². The molecule has 3 unspecified atom stereocenters. The monoisotopic (exact) mass is 229 g/mol. The van der Waals surface area contributed by atoms with Crippen LogP contribution in [-0.2, 0) is 6.42 Å². The molecule has 1 nitrogen and oxygen atoms in total. The van der Waals surface area contributed by atoms with Gasteiger partial charge in [0.15, 0.2) is 0 Å². The zero-order valence-corrected chi connectivity index (χ0v) is 10.8. The number of benzene rings is 1. The summed E-state index contributed by atoms with van der Waals surface area (Å²) in [4.78, 5) is 0. The number of hydrogen-bond donors (Lipinski definition) is 1. The lowest BCUT2D eigenvalue weighted by atomic mass is 9.92. The van der Waals surface area contributed by atoms with Crippen molar-refractivity contribution in [1.82, 2.24) is 5.32 Å². The summed E-state index contributed by atoms with van der Waals surface area (Å²) >= 11 is 0. The van der Waals surface area contributed by atoms with E-state index in [1.807, 2.05) is 0 Å². The maximum atomic E-state index is 3.64. The van der Waals surface area contributed by atoms with E-state index in [0.717, 1.165) is 17.8 Å². The average Bonchev–Trinajstić information content (AvgIpc) is 3.09. The number of hydrogen-bond acceptors (Lipinski definition) is 1. The van der Waals surface area contributed by atoms with Gasteiger partial charge in [0.25, 0.3) is 0 Å². The van der Waals surface area contributed by atoms with E-state index in [-0.39, 0.29) is 0 Å². The van der Waals surface area contributed by atoms with Crippen molar-refractivity contribution in [2.75, 3.05) is 13.1 Å². The second-order valence-corrected chi connectivity index (χ2v) is 5.65. The van der Waals surface area contributed by atoms with Gasteiger partial charge in [0.1, 0.15) is 0 Å². The summed E-state index contributed by atoms with van der Waals surface area (Å²) in [6.45, 7) is 4.70. The Morgan fingerprint density at radius 1 is 1.29 bits per heavy atom. The van der Waals surface area contributed by atoms with Crippen LogP contribution in [0.4, 0.5) is 0 Å². The zero-order valence-electron chi connectivity index (χ0n) is 10.8. The van der Waals surface area contributed by atoms with Crippen LogP contribution < -0.4 is 5.32 Å². The molecule has 1 N–H and O–H groups in total. The van der Waals surface area contributed by atoms with Crippen LogP contribution in [0, 0.1) is 11.8 Å². The molecule has 0 saturated heterocycles. The van der Waals surface area contributed by atoms with Crippen LogP contribution in [0.15, 0.2) is 24.3 Å². The Morgan fingerprint density at radius 3 is 3.06 bits per heavy atom. The molecule has 0 spiro atoms. The Balaban J connectivity index is 1.59. The van der Waals surface area contributed by atoms with Gasteiger partial charge in [0.05, 0.1) is 0 Å². The third-order valence-electron chi connectivity index (χ3n) is 4.58. The first-order valence-electron chi connectivity index (χ1n) is 7.20. The highest BCUT2D eigenvalue weighted by Gasteiger charge is 2.52. The Bertz CT molecular complexity index is 385. The summed E-state index contributed by atoms with van der Waals surface area (Å²) in [6, 6.07) is 9.08. The standard InChI is InChI=1S/C16H23N/c1-2-3-10-17-11-15-14-9-8-12-6-4-5-7-13(12)16(14)15/h4-7,14-17H,2-3,8-11H2,1H3. The van der Waals surface area contributed by atoms with Crippen LogP contribution in [0.25, 0.3) is 0 Å². The van der Waals surface area contributed by atoms with Crippen molar-refractivity contribution in [3.8, 4) is 0 Å². The number of aryl methyl sites for hydroxylation is 1. The molecule has 92 valence electrons. The summed E-state index contributed by atoms with van der Waals surface area (Å²) < 4.78 is 0. The van der Waals surface area contributed by atoms with Crippen molar-refractivity contribution in [2.45, 2.75) is 38.5 Å². The summed E-state index contributed by atoms with van der Waals surface area (Å²) in [5.41, 5.74) is 3.27. The zero-order chi connectivity index (χ0) is 11.7. The van der Waals surface area contributed by atoms with E-state index < -0.39 is 0 Å². The highest BCUT2D eigenvalue weighted by Crippen LogP contribution is 2.59. The molecule has 0 heterocycles. The van der Waals surface area contributed by atoms with Gasteiger partial charge in [-0.25, -0.2) is 0 Å². The summed E-state index contributed by atoms with van der Waals surface area (Å²) in [7, 11) is 0. The van der Waals surface area contributed by atoms with E-state index in [2.05, 4.69) is 36.5 Å². The van der Waals surface area contributed by atoms with Crippen LogP contribution >= 0.6 is 0 Å². The molecular formula is C16H23N. The first-order chi connectivity index (χ1) is 8.42. The first kappa shape index (κ1) is 11.3. The second-order valence-electron chi connectivity index (χ2n) is 5.65. The van der Waals surface area contributed by atoms with Gasteiger partial charge in [-0.3, -0.25) is 0 Å². The Morgan fingerprint density at radius 2 is 2.18 bits per heavy atom. The Labute approximate surface area is 105 Å². The molecule has 0 aromatic heterocycles. The topological polar surface area (TPSA) is 12.0 Å². The molecule has 1 fully saturated rings. The Kier molecular flexibility index (Phi) is 3.19. The highest BCUT2D eigenvalue weighted by atomic mass is 14.9. The summed E-state index contributed by atoms with van der Waals surface area (Å²) in [5, 5.41) is 3.64. The number of fused-ring (bicyclic) bond motifs is 3. The maximum absolute atomic E-state index is 3.64. The van der Waals surface area contributed by atoms with Gasteiger partial charge in [0, 0.05) is 0 Å². The molecule has 2 aliphatic carbocycles. The van der Waals surface area contributed by atoms with Crippen molar-refractivity contribution < 1.29 is 0 Å². The first-order valence-corrected chi connectivity index (χ1v) is 7.20. The molecule has 3 atom stereocenters. The molecule has 0 aliphatic heterocycles. The van der Waals surface area contributed by atoms with Crippen LogP contribution in [0.1, 0.15) is 43.2 Å². The Hall–Kier alpha value is -0.820. The number of nitrogens with one attached hydrogen (secondary N) is 1. The molecule has 1 saturated carbocycles. The molecule has 1 aromatic rings. The van der Waals surface area contributed by atoms with E-state index in [9.17, 15) is 0 Å². The third-order valence-corrected chi connectivity index (χ3v) is 4.58. The molecule has 1 heteroatoms. The van der Waals surface area contributed by atoms with E-state index in [1.54, 1.807) is 11.1 Å². The molecule has 1 aromatic carbocycles. The normalized spacial score (nSPS) is 29.6. The molecule has 0 bridgehead atoms. The van der Waals surface area contributed by atoms with E-state index >= 15 is 0 Å². The van der Waals surface area contributed by atoms with Crippen molar-refractivity contribution in [3.63, 3.8) is 0 Å². The highest BCUT2D eigenvalue weighted by molar-refractivity contribution is 5.39. The van der Waals surface area contributed by atoms with Crippen molar-refractivity contribution >= 4 is 0 Å². The van der Waals surface area contributed by atoms with Crippen LogP contribution in [-0.4, -0.2) is 13.1 Å². The molecule has 0 radical (unpaired) electrons. The van der Waals surface area contributed by atoms with Gasteiger partial charge in [-0.2, -0.15) is 0 Å². The van der Waals surface area contributed by atoms with Crippen LogP contribution in [0.5, 0.6) is 0 Å². The SMILES string of the molecule is CCCCNCC1C2CCc3ccccc3C21. The molecule has 17 heavy (non-hydrogen) atoms. The van der Waals surface area contributed by atoms with Gasteiger partial charge in [-0.05, 0) is 61.2 Å². The predicted molar refractivity (Wildman–Crippen MR) is 72.3 cm³/mol. The van der Waals surface area contributed by atoms with Gasteiger partial charge in [-0.1, -0.05) is 37.6 Å².